The number of nitrogens with two attached hydrogens (primary N) is 1. The molecule has 1 unspecified atom stereocenters. The standard InChI is InChI=1S/C17H23N3O/c1-3-9-20-17(15(21-2)11-19-20)16(18)14-8-7-12-5-4-6-13(12)10-14/h7-8,10-11,16H,3-6,9,18H2,1-2H3. The van der Waals surface area contributed by atoms with Crippen LogP contribution in [0.15, 0.2) is 24.4 Å². The van der Waals surface area contributed by atoms with Crippen LogP contribution in [0.3, 0.4) is 0 Å². The van der Waals surface area contributed by atoms with Gasteiger partial charge in [0.1, 0.15) is 5.69 Å². The summed E-state index contributed by atoms with van der Waals surface area (Å²) in [5.41, 5.74) is 11.6. The molecule has 1 aliphatic rings. The van der Waals surface area contributed by atoms with E-state index in [4.69, 9.17) is 10.5 Å². The number of fused-ring (bicyclic) bond motifs is 1. The zero-order valence-corrected chi connectivity index (χ0v) is 12.8. The number of ether oxygens (including phenoxy) is 1. The fourth-order valence-corrected chi connectivity index (χ4v) is 3.18. The van der Waals surface area contributed by atoms with Crippen molar-refractivity contribution in [2.24, 2.45) is 5.73 Å². The smallest absolute Gasteiger partial charge is 0.161 e. The number of aryl methyl sites for hydroxylation is 3. The zero-order chi connectivity index (χ0) is 14.8. The third-order valence-corrected chi connectivity index (χ3v) is 4.28. The number of aromatic nitrogens is 2. The normalized spacial score (nSPS) is 15.0. The van der Waals surface area contributed by atoms with Crippen molar-refractivity contribution in [3.8, 4) is 5.75 Å². The lowest BCUT2D eigenvalue weighted by atomic mass is 9.99. The molecule has 2 N–H and O–H groups in total. The second-order valence-electron chi connectivity index (χ2n) is 5.68. The van der Waals surface area contributed by atoms with Crippen LogP contribution in [0.5, 0.6) is 5.75 Å². The van der Waals surface area contributed by atoms with E-state index in [-0.39, 0.29) is 6.04 Å². The minimum atomic E-state index is -0.195. The van der Waals surface area contributed by atoms with E-state index in [1.165, 1.54) is 30.4 Å². The molecule has 0 aliphatic heterocycles. The third-order valence-electron chi connectivity index (χ3n) is 4.28. The first kappa shape index (κ1) is 14.1. The zero-order valence-electron chi connectivity index (χ0n) is 12.8. The van der Waals surface area contributed by atoms with Gasteiger partial charge < -0.3 is 10.5 Å². The Hall–Kier alpha value is -1.81. The van der Waals surface area contributed by atoms with Gasteiger partial charge in [0.2, 0.25) is 0 Å². The van der Waals surface area contributed by atoms with Crippen LogP contribution in [0, 0.1) is 0 Å². The molecule has 0 fully saturated rings. The van der Waals surface area contributed by atoms with Gasteiger partial charge in [-0.2, -0.15) is 5.10 Å². The van der Waals surface area contributed by atoms with Crippen molar-refractivity contribution in [1.29, 1.82) is 0 Å². The summed E-state index contributed by atoms with van der Waals surface area (Å²) in [6.45, 7) is 3.00. The molecule has 0 saturated carbocycles. The van der Waals surface area contributed by atoms with Crippen LogP contribution in [0.4, 0.5) is 0 Å². The summed E-state index contributed by atoms with van der Waals surface area (Å²) >= 11 is 0. The lowest BCUT2D eigenvalue weighted by Crippen LogP contribution is -2.18. The van der Waals surface area contributed by atoms with Gasteiger partial charge in [0.05, 0.1) is 19.3 Å². The maximum Gasteiger partial charge on any atom is 0.161 e. The molecule has 0 saturated heterocycles. The van der Waals surface area contributed by atoms with Crippen LogP contribution in [0.1, 0.15) is 48.2 Å². The Balaban J connectivity index is 1.97. The number of rotatable bonds is 5. The molecule has 1 aromatic heterocycles. The minimum Gasteiger partial charge on any atom is -0.493 e. The number of hydrogen-bond donors (Lipinski definition) is 1. The van der Waals surface area contributed by atoms with Crippen molar-refractivity contribution in [3.05, 3.63) is 46.8 Å². The Kier molecular flexibility index (Phi) is 3.97. The highest BCUT2D eigenvalue weighted by Gasteiger charge is 2.21. The van der Waals surface area contributed by atoms with Gasteiger partial charge in [-0.3, -0.25) is 4.68 Å². The maximum absolute atomic E-state index is 6.52. The van der Waals surface area contributed by atoms with Crippen molar-refractivity contribution in [2.75, 3.05) is 7.11 Å². The first-order valence-corrected chi connectivity index (χ1v) is 7.71. The molecule has 0 amide bonds. The van der Waals surface area contributed by atoms with E-state index in [2.05, 4.69) is 30.2 Å². The average molecular weight is 285 g/mol. The van der Waals surface area contributed by atoms with Gasteiger partial charge in [-0.15, -0.1) is 0 Å². The summed E-state index contributed by atoms with van der Waals surface area (Å²) in [6.07, 6.45) is 6.40. The van der Waals surface area contributed by atoms with E-state index in [0.717, 1.165) is 30.0 Å². The second kappa shape index (κ2) is 5.90. The van der Waals surface area contributed by atoms with Gasteiger partial charge in [-0.25, -0.2) is 0 Å². The van der Waals surface area contributed by atoms with Gasteiger partial charge in [0, 0.05) is 6.54 Å². The molecule has 21 heavy (non-hydrogen) atoms. The average Bonchev–Trinajstić information content (AvgIpc) is 3.12. The van der Waals surface area contributed by atoms with Crippen LogP contribution in [-0.2, 0) is 19.4 Å². The van der Waals surface area contributed by atoms with E-state index in [1.54, 1.807) is 13.3 Å². The molecule has 4 nitrogen and oxygen atoms in total. The SMILES string of the molecule is CCCn1ncc(OC)c1C(N)c1ccc2c(c1)CCC2. The van der Waals surface area contributed by atoms with Crippen molar-refractivity contribution < 1.29 is 4.74 Å². The highest BCUT2D eigenvalue weighted by atomic mass is 16.5. The van der Waals surface area contributed by atoms with Gasteiger partial charge in [-0.05, 0) is 42.4 Å². The summed E-state index contributed by atoms with van der Waals surface area (Å²) in [6, 6.07) is 6.44. The molecule has 0 bridgehead atoms. The summed E-state index contributed by atoms with van der Waals surface area (Å²) in [4.78, 5) is 0. The Morgan fingerprint density at radius 1 is 1.33 bits per heavy atom. The first-order chi connectivity index (χ1) is 10.2. The van der Waals surface area contributed by atoms with E-state index < -0.39 is 0 Å². The van der Waals surface area contributed by atoms with Crippen molar-refractivity contribution in [1.82, 2.24) is 9.78 Å². The molecule has 1 atom stereocenters. The lowest BCUT2D eigenvalue weighted by Gasteiger charge is -2.17. The highest BCUT2D eigenvalue weighted by Crippen LogP contribution is 2.31. The molecule has 3 rings (SSSR count). The maximum atomic E-state index is 6.52. The minimum absolute atomic E-state index is 0.195. The summed E-state index contributed by atoms with van der Waals surface area (Å²) in [7, 11) is 1.67. The van der Waals surface area contributed by atoms with E-state index in [9.17, 15) is 0 Å². The van der Waals surface area contributed by atoms with E-state index >= 15 is 0 Å². The first-order valence-electron chi connectivity index (χ1n) is 7.71. The van der Waals surface area contributed by atoms with E-state index in [0.29, 0.717) is 0 Å². The van der Waals surface area contributed by atoms with Gasteiger partial charge in [-0.1, -0.05) is 25.1 Å². The fourth-order valence-electron chi connectivity index (χ4n) is 3.18. The summed E-state index contributed by atoms with van der Waals surface area (Å²) in [5.74, 6) is 0.774. The van der Waals surface area contributed by atoms with E-state index in [1.807, 2.05) is 4.68 Å². The molecule has 112 valence electrons. The van der Waals surface area contributed by atoms with Crippen molar-refractivity contribution >= 4 is 0 Å². The Morgan fingerprint density at radius 2 is 2.14 bits per heavy atom. The lowest BCUT2D eigenvalue weighted by molar-refractivity contribution is 0.404. The Bertz CT molecular complexity index is 633. The molecule has 2 aromatic rings. The monoisotopic (exact) mass is 285 g/mol. The Morgan fingerprint density at radius 3 is 2.90 bits per heavy atom. The summed E-state index contributed by atoms with van der Waals surface area (Å²) in [5, 5.41) is 4.41. The number of benzene rings is 1. The van der Waals surface area contributed by atoms with Crippen LogP contribution in [0.25, 0.3) is 0 Å². The van der Waals surface area contributed by atoms with Gasteiger partial charge in [0.25, 0.3) is 0 Å². The largest absolute Gasteiger partial charge is 0.493 e. The highest BCUT2D eigenvalue weighted by molar-refractivity contribution is 5.41. The van der Waals surface area contributed by atoms with Crippen LogP contribution in [0.2, 0.25) is 0 Å². The number of hydrogen-bond acceptors (Lipinski definition) is 3. The van der Waals surface area contributed by atoms with Crippen molar-refractivity contribution in [2.45, 2.75) is 45.2 Å². The van der Waals surface area contributed by atoms with Crippen LogP contribution in [-0.4, -0.2) is 16.9 Å². The van der Waals surface area contributed by atoms with Crippen LogP contribution < -0.4 is 10.5 Å². The molecular formula is C17H23N3O. The number of methoxy groups -OCH3 is 1. The Labute approximate surface area is 125 Å². The predicted octanol–water partition coefficient (Wildman–Crippen LogP) is 2.84. The van der Waals surface area contributed by atoms with Gasteiger partial charge in [0.15, 0.2) is 5.75 Å². The molecule has 1 aromatic carbocycles. The molecular weight excluding hydrogens is 262 g/mol. The second-order valence-corrected chi connectivity index (χ2v) is 5.68. The van der Waals surface area contributed by atoms with Crippen LogP contribution >= 0.6 is 0 Å². The summed E-state index contributed by atoms with van der Waals surface area (Å²) < 4.78 is 7.41. The quantitative estimate of drug-likeness (QED) is 0.919. The van der Waals surface area contributed by atoms with Crippen molar-refractivity contribution in [3.63, 3.8) is 0 Å². The molecule has 1 heterocycles. The molecule has 0 spiro atoms. The fraction of sp³-hybridized carbons (Fsp3) is 0.471. The molecule has 4 heteroatoms. The molecule has 0 radical (unpaired) electrons. The molecule has 1 aliphatic carbocycles. The third kappa shape index (κ3) is 2.56. The predicted molar refractivity (Wildman–Crippen MR) is 83.6 cm³/mol. The van der Waals surface area contributed by atoms with Gasteiger partial charge >= 0.3 is 0 Å². The topological polar surface area (TPSA) is 53.1 Å². The number of nitrogens with zero attached hydrogens (tertiary/aromatic N) is 2.